The van der Waals surface area contributed by atoms with Gasteiger partial charge in [0.2, 0.25) is 0 Å². The van der Waals surface area contributed by atoms with Gasteiger partial charge in [0.05, 0.1) is 0 Å². The van der Waals surface area contributed by atoms with Crippen LogP contribution >= 0.6 is 23.4 Å². The van der Waals surface area contributed by atoms with Crippen LogP contribution in [0, 0.1) is 6.92 Å². The molecule has 2 aromatic rings. The lowest BCUT2D eigenvalue weighted by Crippen LogP contribution is -2.43. The highest BCUT2D eigenvalue weighted by Gasteiger charge is 2.43. The van der Waals surface area contributed by atoms with Crippen LogP contribution < -0.4 is 0 Å². The van der Waals surface area contributed by atoms with Crippen LogP contribution in [0.4, 0.5) is 0 Å². The third kappa shape index (κ3) is 3.14. The summed E-state index contributed by atoms with van der Waals surface area (Å²) in [4.78, 5) is 26.0. The lowest BCUT2D eigenvalue weighted by molar-refractivity contribution is -0.141. The molecule has 1 saturated heterocycles. The normalized spacial score (nSPS) is 20.2. The first-order chi connectivity index (χ1) is 11.5. The van der Waals surface area contributed by atoms with E-state index < -0.39 is 17.4 Å². The number of carbonyl (C=O) groups is 2. The van der Waals surface area contributed by atoms with Crippen molar-refractivity contribution in [2.75, 3.05) is 5.75 Å². The van der Waals surface area contributed by atoms with Gasteiger partial charge >= 0.3 is 5.97 Å². The Morgan fingerprint density at radius 3 is 2.46 bits per heavy atom. The Morgan fingerprint density at radius 2 is 1.83 bits per heavy atom. The van der Waals surface area contributed by atoms with Crippen LogP contribution in [0.1, 0.15) is 26.9 Å². The summed E-state index contributed by atoms with van der Waals surface area (Å²) < 4.78 is 0. The first kappa shape index (κ1) is 16.9. The van der Waals surface area contributed by atoms with Crippen molar-refractivity contribution < 1.29 is 14.7 Å². The predicted molar refractivity (Wildman–Crippen MR) is 95.4 cm³/mol. The maximum absolute atomic E-state index is 13.0. The Bertz CT molecular complexity index is 778. The van der Waals surface area contributed by atoms with Gasteiger partial charge in [-0.1, -0.05) is 47.5 Å². The number of aryl methyl sites for hydroxylation is 1. The molecule has 1 amide bonds. The summed E-state index contributed by atoms with van der Waals surface area (Å²) in [5.74, 6) is -0.960. The molecule has 24 heavy (non-hydrogen) atoms. The maximum Gasteiger partial charge on any atom is 0.327 e. The number of carbonyl (C=O) groups excluding carboxylic acids is 1. The third-order valence-corrected chi connectivity index (χ3v) is 5.64. The van der Waals surface area contributed by atoms with Crippen molar-refractivity contribution in [2.24, 2.45) is 0 Å². The summed E-state index contributed by atoms with van der Waals surface area (Å²) in [5, 5.41) is 9.64. The zero-order valence-corrected chi connectivity index (χ0v) is 14.6. The van der Waals surface area contributed by atoms with E-state index in [2.05, 4.69) is 0 Å². The summed E-state index contributed by atoms with van der Waals surface area (Å²) in [5.41, 5.74) is 2.28. The Balaban J connectivity index is 2.01. The molecule has 1 N–H and O–H groups in total. The van der Waals surface area contributed by atoms with E-state index in [9.17, 15) is 14.7 Å². The predicted octanol–water partition coefficient (Wildman–Crippen LogP) is 3.99. The zero-order valence-electron chi connectivity index (χ0n) is 13.0. The van der Waals surface area contributed by atoms with Gasteiger partial charge in [-0.05, 0) is 25.1 Å². The topological polar surface area (TPSA) is 57.6 Å². The third-order valence-electron chi connectivity index (χ3n) is 3.99. The summed E-state index contributed by atoms with van der Waals surface area (Å²) in [6.45, 7) is 1.94. The molecule has 0 bridgehead atoms. The van der Waals surface area contributed by atoms with Gasteiger partial charge in [-0.3, -0.25) is 4.79 Å². The molecular weight excluding hydrogens is 346 g/mol. The first-order valence-corrected chi connectivity index (χ1v) is 8.90. The second-order valence-electron chi connectivity index (χ2n) is 5.64. The Kier molecular flexibility index (Phi) is 4.83. The number of amides is 1. The fourth-order valence-corrected chi connectivity index (χ4v) is 4.46. The number of carboxylic acid groups (broad SMARTS) is 1. The summed E-state index contributed by atoms with van der Waals surface area (Å²) >= 11 is 7.69. The maximum atomic E-state index is 13.0. The molecule has 2 atom stereocenters. The van der Waals surface area contributed by atoms with Crippen LogP contribution in [-0.4, -0.2) is 33.7 Å². The van der Waals surface area contributed by atoms with Gasteiger partial charge in [-0.15, -0.1) is 11.8 Å². The van der Waals surface area contributed by atoms with E-state index in [4.69, 9.17) is 11.6 Å². The number of hydrogen-bond acceptors (Lipinski definition) is 3. The molecule has 3 rings (SSSR count). The van der Waals surface area contributed by atoms with E-state index in [1.54, 1.807) is 18.2 Å². The van der Waals surface area contributed by atoms with Crippen molar-refractivity contribution in [3.63, 3.8) is 0 Å². The molecule has 0 spiro atoms. The fraction of sp³-hybridized carbons (Fsp3) is 0.222. The molecule has 6 heteroatoms. The molecule has 0 unspecified atom stereocenters. The minimum Gasteiger partial charge on any atom is -0.480 e. The number of halogens is 1. The van der Waals surface area contributed by atoms with Crippen LogP contribution in [0.15, 0.2) is 48.5 Å². The summed E-state index contributed by atoms with van der Waals surface area (Å²) in [6, 6.07) is 13.5. The zero-order chi connectivity index (χ0) is 17.3. The molecule has 4 nitrogen and oxygen atoms in total. The number of thioether (sulfide) groups is 1. The van der Waals surface area contributed by atoms with Crippen LogP contribution in [0.5, 0.6) is 0 Å². The first-order valence-electron chi connectivity index (χ1n) is 7.47. The quantitative estimate of drug-likeness (QED) is 0.898. The minimum absolute atomic E-state index is 0.294. The van der Waals surface area contributed by atoms with Crippen molar-refractivity contribution in [1.29, 1.82) is 0 Å². The van der Waals surface area contributed by atoms with Crippen molar-refractivity contribution in [1.82, 2.24) is 4.90 Å². The van der Waals surface area contributed by atoms with Gasteiger partial charge in [0, 0.05) is 21.9 Å². The van der Waals surface area contributed by atoms with Gasteiger partial charge in [-0.2, -0.15) is 0 Å². The van der Waals surface area contributed by atoms with Crippen LogP contribution in [0.25, 0.3) is 0 Å². The van der Waals surface area contributed by atoms with Crippen molar-refractivity contribution in [3.05, 3.63) is 70.2 Å². The molecule has 124 valence electrons. The second kappa shape index (κ2) is 6.87. The van der Waals surface area contributed by atoms with E-state index in [1.165, 1.54) is 16.7 Å². The fourth-order valence-electron chi connectivity index (χ4n) is 2.70. The molecule has 0 aliphatic carbocycles. The molecule has 0 saturated carbocycles. The lowest BCUT2D eigenvalue weighted by atomic mass is 10.1. The average Bonchev–Trinajstić information content (AvgIpc) is 3.00. The van der Waals surface area contributed by atoms with E-state index in [0.29, 0.717) is 16.3 Å². The Morgan fingerprint density at radius 1 is 1.17 bits per heavy atom. The molecule has 0 radical (unpaired) electrons. The van der Waals surface area contributed by atoms with Crippen LogP contribution in [-0.2, 0) is 4.79 Å². The number of hydrogen-bond donors (Lipinski definition) is 1. The van der Waals surface area contributed by atoms with E-state index in [-0.39, 0.29) is 5.91 Å². The summed E-state index contributed by atoms with van der Waals surface area (Å²) in [6.07, 6.45) is 0. The largest absolute Gasteiger partial charge is 0.480 e. The average molecular weight is 362 g/mol. The smallest absolute Gasteiger partial charge is 0.327 e. The molecule has 1 heterocycles. The standard InChI is InChI=1S/C18H16ClNO3S/c1-11-6-8-12(9-7-11)16(21)20-15(18(22)23)10-24-17(20)13-4-2-3-5-14(13)19/h2-9,15,17H,10H2,1H3,(H,22,23)/t15-,17-/m1/s1. The van der Waals surface area contributed by atoms with E-state index >= 15 is 0 Å². The SMILES string of the molecule is Cc1ccc(C(=O)N2[C@@H](C(=O)O)CS[C@@H]2c2ccccc2Cl)cc1. The highest BCUT2D eigenvalue weighted by molar-refractivity contribution is 7.99. The number of aliphatic carboxylic acids is 1. The number of benzene rings is 2. The minimum atomic E-state index is -1.00. The molecule has 2 aromatic carbocycles. The second-order valence-corrected chi connectivity index (χ2v) is 7.16. The summed E-state index contributed by atoms with van der Waals surface area (Å²) in [7, 11) is 0. The number of carboxylic acids is 1. The highest BCUT2D eigenvalue weighted by atomic mass is 35.5. The van der Waals surface area contributed by atoms with Crippen LogP contribution in [0.2, 0.25) is 5.02 Å². The van der Waals surface area contributed by atoms with E-state index in [1.807, 2.05) is 37.3 Å². The van der Waals surface area contributed by atoms with Crippen molar-refractivity contribution >= 4 is 35.2 Å². The van der Waals surface area contributed by atoms with Gasteiger partial charge in [0.15, 0.2) is 0 Å². The molecule has 1 aliphatic rings. The van der Waals surface area contributed by atoms with Gasteiger partial charge < -0.3 is 10.0 Å². The monoisotopic (exact) mass is 361 g/mol. The van der Waals surface area contributed by atoms with Gasteiger partial charge in [0.25, 0.3) is 5.91 Å². The molecule has 1 aliphatic heterocycles. The number of nitrogens with zero attached hydrogens (tertiary/aromatic N) is 1. The Labute approximate surface area is 149 Å². The number of rotatable bonds is 3. The van der Waals surface area contributed by atoms with E-state index in [0.717, 1.165) is 11.1 Å². The molecule has 1 fully saturated rings. The Hall–Kier alpha value is -1.98. The van der Waals surface area contributed by atoms with Gasteiger partial charge in [-0.25, -0.2) is 4.79 Å². The lowest BCUT2D eigenvalue weighted by Gasteiger charge is -2.28. The molecular formula is C18H16ClNO3S. The van der Waals surface area contributed by atoms with Crippen LogP contribution in [0.3, 0.4) is 0 Å². The van der Waals surface area contributed by atoms with Crippen molar-refractivity contribution in [2.45, 2.75) is 18.3 Å². The molecule has 0 aromatic heterocycles. The van der Waals surface area contributed by atoms with Gasteiger partial charge in [0.1, 0.15) is 11.4 Å². The van der Waals surface area contributed by atoms with Crippen molar-refractivity contribution in [3.8, 4) is 0 Å². The highest BCUT2D eigenvalue weighted by Crippen LogP contribution is 2.44.